The first-order valence-electron chi connectivity index (χ1n) is 4.36. The standard InChI is InChI=1S/C8H9N5O2S/c1-16(14,15)11-7-4-2-6(3-5-7)8-9-12-13-10-8/h2-5,11H,1H3,(H,9,10,12,13). The molecule has 84 valence electrons. The number of anilines is 1. The van der Waals surface area contributed by atoms with Gasteiger partial charge in [0.2, 0.25) is 15.8 Å². The number of nitrogens with one attached hydrogen (secondary N) is 2. The lowest BCUT2D eigenvalue weighted by molar-refractivity contribution is 0.607. The second-order valence-electron chi connectivity index (χ2n) is 3.19. The molecule has 0 fully saturated rings. The maximum atomic E-state index is 11.0. The molecule has 1 aromatic heterocycles. The van der Waals surface area contributed by atoms with Crippen LogP contribution in [0.3, 0.4) is 0 Å². The Kier molecular flexibility index (Phi) is 2.57. The Morgan fingerprint density at radius 2 is 1.94 bits per heavy atom. The van der Waals surface area contributed by atoms with E-state index in [0.29, 0.717) is 11.5 Å². The molecule has 0 bridgehead atoms. The number of nitrogens with zero attached hydrogens (tertiary/aromatic N) is 3. The fourth-order valence-corrected chi connectivity index (χ4v) is 1.75. The van der Waals surface area contributed by atoms with Crippen LogP contribution in [0.25, 0.3) is 11.4 Å². The van der Waals surface area contributed by atoms with E-state index in [2.05, 4.69) is 25.3 Å². The third-order valence-corrected chi connectivity index (χ3v) is 2.40. The minimum absolute atomic E-state index is 0.464. The third kappa shape index (κ3) is 2.54. The Labute approximate surface area is 91.9 Å². The van der Waals surface area contributed by atoms with Crippen molar-refractivity contribution in [2.45, 2.75) is 0 Å². The van der Waals surface area contributed by atoms with Gasteiger partial charge in [-0.2, -0.15) is 5.21 Å². The Morgan fingerprint density at radius 3 is 2.44 bits per heavy atom. The van der Waals surface area contributed by atoms with Gasteiger partial charge in [-0.25, -0.2) is 8.42 Å². The van der Waals surface area contributed by atoms with Gasteiger partial charge in [-0.05, 0) is 29.5 Å². The van der Waals surface area contributed by atoms with Gasteiger partial charge in [-0.3, -0.25) is 4.72 Å². The van der Waals surface area contributed by atoms with Crippen LogP contribution in [0.4, 0.5) is 5.69 Å². The summed E-state index contributed by atoms with van der Waals surface area (Å²) < 4.78 is 24.3. The lowest BCUT2D eigenvalue weighted by Gasteiger charge is -2.03. The number of sulfonamides is 1. The molecule has 0 radical (unpaired) electrons. The number of rotatable bonds is 3. The van der Waals surface area contributed by atoms with E-state index in [1.54, 1.807) is 24.3 Å². The van der Waals surface area contributed by atoms with Crippen LogP contribution in [0, 0.1) is 0 Å². The maximum Gasteiger partial charge on any atom is 0.229 e. The van der Waals surface area contributed by atoms with Crippen molar-refractivity contribution in [2.75, 3.05) is 11.0 Å². The molecule has 0 saturated carbocycles. The van der Waals surface area contributed by atoms with E-state index in [4.69, 9.17) is 0 Å². The van der Waals surface area contributed by atoms with Crippen LogP contribution in [0.5, 0.6) is 0 Å². The lowest BCUT2D eigenvalue weighted by Crippen LogP contribution is -2.09. The predicted molar refractivity (Wildman–Crippen MR) is 58.1 cm³/mol. The van der Waals surface area contributed by atoms with Gasteiger partial charge in [0.15, 0.2) is 0 Å². The lowest BCUT2D eigenvalue weighted by atomic mass is 10.2. The van der Waals surface area contributed by atoms with Crippen LogP contribution in [0.15, 0.2) is 24.3 Å². The normalized spacial score (nSPS) is 11.3. The van der Waals surface area contributed by atoms with E-state index in [9.17, 15) is 8.42 Å². The largest absolute Gasteiger partial charge is 0.284 e. The van der Waals surface area contributed by atoms with E-state index in [1.807, 2.05) is 0 Å². The van der Waals surface area contributed by atoms with Crippen molar-refractivity contribution in [3.05, 3.63) is 24.3 Å². The van der Waals surface area contributed by atoms with Gasteiger partial charge < -0.3 is 0 Å². The Bertz CT molecular complexity index is 561. The SMILES string of the molecule is CS(=O)(=O)Nc1ccc(-c2nn[nH]n2)cc1. The second-order valence-corrected chi connectivity index (χ2v) is 4.94. The van der Waals surface area contributed by atoms with E-state index in [1.165, 1.54) is 0 Å². The summed E-state index contributed by atoms with van der Waals surface area (Å²) in [5, 5.41) is 13.4. The fraction of sp³-hybridized carbons (Fsp3) is 0.125. The summed E-state index contributed by atoms with van der Waals surface area (Å²) in [4.78, 5) is 0. The molecule has 2 rings (SSSR count). The van der Waals surface area contributed by atoms with Crippen molar-refractivity contribution in [3.8, 4) is 11.4 Å². The zero-order chi connectivity index (χ0) is 11.6. The molecule has 0 aliphatic heterocycles. The topological polar surface area (TPSA) is 101 Å². The Balaban J connectivity index is 2.24. The smallest absolute Gasteiger partial charge is 0.229 e. The molecule has 0 aliphatic rings. The first-order chi connectivity index (χ1) is 7.54. The van der Waals surface area contributed by atoms with Gasteiger partial charge in [0.1, 0.15) is 0 Å². The number of tetrazole rings is 1. The molecule has 1 aromatic carbocycles. The van der Waals surface area contributed by atoms with Gasteiger partial charge in [-0.15, -0.1) is 10.2 Å². The number of aromatic amines is 1. The molecule has 0 atom stereocenters. The monoisotopic (exact) mass is 239 g/mol. The molecular weight excluding hydrogens is 230 g/mol. The minimum atomic E-state index is -3.24. The van der Waals surface area contributed by atoms with Crippen molar-refractivity contribution in [1.82, 2.24) is 20.6 Å². The van der Waals surface area contributed by atoms with Crippen LogP contribution < -0.4 is 4.72 Å². The van der Waals surface area contributed by atoms with Crippen molar-refractivity contribution in [3.63, 3.8) is 0 Å². The average molecular weight is 239 g/mol. The van der Waals surface area contributed by atoms with Crippen molar-refractivity contribution >= 4 is 15.7 Å². The van der Waals surface area contributed by atoms with Gasteiger partial charge in [0, 0.05) is 11.3 Å². The summed E-state index contributed by atoms with van der Waals surface area (Å²) in [6.45, 7) is 0. The Morgan fingerprint density at radius 1 is 1.25 bits per heavy atom. The summed E-state index contributed by atoms with van der Waals surface area (Å²) >= 11 is 0. The summed E-state index contributed by atoms with van der Waals surface area (Å²) in [5.41, 5.74) is 1.25. The zero-order valence-corrected chi connectivity index (χ0v) is 9.19. The first-order valence-corrected chi connectivity index (χ1v) is 6.25. The number of hydrogen-bond donors (Lipinski definition) is 2. The minimum Gasteiger partial charge on any atom is -0.284 e. The van der Waals surface area contributed by atoms with Crippen LogP contribution in [-0.2, 0) is 10.0 Å². The molecule has 2 aromatic rings. The summed E-state index contributed by atoms with van der Waals surface area (Å²) in [6, 6.07) is 6.68. The highest BCUT2D eigenvalue weighted by atomic mass is 32.2. The predicted octanol–water partition coefficient (Wildman–Crippen LogP) is 0.238. The highest BCUT2D eigenvalue weighted by Crippen LogP contribution is 2.17. The molecule has 0 aliphatic carbocycles. The molecule has 16 heavy (non-hydrogen) atoms. The quantitative estimate of drug-likeness (QED) is 0.799. The van der Waals surface area contributed by atoms with Crippen LogP contribution in [0.1, 0.15) is 0 Å². The molecular formula is C8H9N5O2S. The van der Waals surface area contributed by atoms with E-state index in [-0.39, 0.29) is 0 Å². The third-order valence-electron chi connectivity index (χ3n) is 1.79. The van der Waals surface area contributed by atoms with Gasteiger partial charge in [0.05, 0.1) is 6.26 Å². The van der Waals surface area contributed by atoms with E-state index >= 15 is 0 Å². The molecule has 7 nitrogen and oxygen atoms in total. The molecule has 1 heterocycles. The molecule has 0 unspecified atom stereocenters. The number of benzene rings is 1. The van der Waals surface area contributed by atoms with Crippen molar-refractivity contribution in [1.29, 1.82) is 0 Å². The van der Waals surface area contributed by atoms with Gasteiger partial charge in [0.25, 0.3) is 0 Å². The van der Waals surface area contributed by atoms with Gasteiger partial charge in [-0.1, -0.05) is 0 Å². The first kappa shape index (κ1) is 10.6. The van der Waals surface area contributed by atoms with Crippen LogP contribution in [-0.4, -0.2) is 35.3 Å². The number of aromatic nitrogens is 4. The molecule has 8 heteroatoms. The summed E-state index contributed by atoms with van der Waals surface area (Å²) in [6.07, 6.45) is 1.10. The highest BCUT2D eigenvalue weighted by molar-refractivity contribution is 7.92. The van der Waals surface area contributed by atoms with Crippen molar-refractivity contribution in [2.24, 2.45) is 0 Å². The average Bonchev–Trinajstić information content (AvgIpc) is 2.69. The van der Waals surface area contributed by atoms with Crippen LogP contribution in [0.2, 0.25) is 0 Å². The fourth-order valence-electron chi connectivity index (χ4n) is 1.19. The zero-order valence-electron chi connectivity index (χ0n) is 8.38. The van der Waals surface area contributed by atoms with E-state index in [0.717, 1.165) is 11.8 Å². The second kappa shape index (κ2) is 3.89. The molecule has 2 N–H and O–H groups in total. The van der Waals surface area contributed by atoms with Gasteiger partial charge >= 0.3 is 0 Å². The van der Waals surface area contributed by atoms with E-state index < -0.39 is 10.0 Å². The maximum absolute atomic E-state index is 11.0. The number of H-pyrrole nitrogens is 1. The van der Waals surface area contributed by atoms with Crippen LogP contribution >= 0.6 is 0 Å². The number of hydrogen-bond acceptors (Lipinski definition) is 5. The highest BCUT2D eigenvalue weighted by Gasteiger charge is 2.04. The summed E-state index contributed by atoms with van der Waals surface area (Å²) in [7, 11) is -3.24. The molecule has 0 spiro atoms. The molecule has 0 saturated heterocycles. The Hall–Kier alpha value is -1.96. The molecule has 0 amide bonds. The summed E-state index contributed by atoms with van der Waals surface area (Å²) in [5.74, 6) is 0.464. The van der Waals surface area contributed by atoms with Crippen molar-refractivity contribution < 1.29 is 8.42 Å².